The number of esters is 2. The van der Waals surface area contributed by atoms with Gasteiger partial charge in [0.05, 0.1) is 19.8 Å². The van der Waals surface area contributed by atoms with E-state index in [0.717, 1.165) is 38.5 Å². The number of aliphatic hydroxyl groups is 7. The molecule has 0 saturated carbocycles. The van der Waals surface area contributed by atoms with Crippen LogP contribution in [0.2, 0.25) is 0 Å². The summed E-state index contributed by atoms with van der Waals surface area (Å²) in [7, 11) is 0. The van der Waals surface area contributed by atoms with Crippen LogP contribution in [0.1, 0.15) is 219 Å². The summed E-state index contributed by atoms with van der Waals surface area (Å²) in [6.07, 6.45) is 20.0. The van der Waals surface area contributed by atoms with Crippen molar-refractivity contribution in [2.75, 3.05) is 26.4 Å². The lowest BCUT2D eigenvalue weighted by Gasteiger charge is -2.42. The largest absolute Gasteiger partial charge is 0.462 e. The van der Waals surface area contributed by atoms with Crippen LogP contribution in [0, 0.1) is 0 Å². The van der Waals surface area contributed by atoms with E-state index in [4.69, 9.17) is 28.4 Å². The highest BCUT2D eigenvalue weighted by molar-refractivity contribution is 5.70. The molecule has 0 aliphatic carbocycles. The van der Waals surface area contributed by atoms with Crippen molar-refractivity contribution in [2.45, 2.75) is 287 Å². The Bertz CT molecular complexity index is 1160. The van der Waals surface area contributed by atoms with Crippen molar-refractivity contribution < 1.29 is 73.8 Å². The van der Waals surface area contributed by atoms with Gasteiger partial charge in [0.15, 0.2) is 18.7 Å². The van der Waals surface area contributed by atoms with Crippen LogP contribution in [0.3, 0.4) is 0 Å². The smallest absolute Gasteiger partial charge is 0.306 e. The Morgan fingerprint density at radius 2 is 0.773 bits per heavy atom. The summed E-state index contributed by atoms with van der Waals surface area (Å²) in [6.45, 7) is 2.61. The number of carbonyl (C=O) groups excluding carboxylic acids is 2. The zero-order chi connectivity index (χ0) is 48.2. The first-order valence-electron chi connectivity index (χ1n) is 26.6. The molecular formula is C51H96O15. The Kier molecular flexibility index (Phi) is 36.0. The molecule has 2 fully saturated rings. The minimum atomic E-state index is -1.76. The molecule has 0 aromatic heterocycles. The number of unbranched alkanes of at least 4 members (excludes halogenated alkanes) is 28. The standard InChI is InChI=1S/C51H96O15/c1-3-5-7-9-11-13-15-16-17-18-19-20-21-22-23-24-26-28-30-32-34-43(54)64-39(36-61-42(53)33-31-29-27-25-14-12-10-8-6-4-2)37-62-50-49(60)47(58)45(56)41(66-50)38-63-51-48(59)46(57)44(55)40(35-52)65-51/h39-41,44-52,55-60H,3-38H2,1-2H3. The number of hydrogen-bond donors (Lipinski definition) is 7. The summed E-state index contributed by atoms with van der Waals surface area (Å²) in [5, 5.41) is 72.0. The lowest BCUT2D eigenvalue weighted by Crippen LogP contribution is -2.61. The van der Waals surface area contributed by atoms with Gasteiger partial charge in [0, 0.05) is 12.8 Å². The van der Waals surface area contributed by atoms with Crippen molar-refractivity contribution in [3.05, 3.63) is 0 Å². The zero-order valence-electron chi connectivity index (χ0n) is 41.2. The second-order valence-electron chi connectivity index (χ2n) is 19.1. The number of hydrogen-bond acceptors (Lipinski definition) is 15. The number of ether oxygens (including phenoxy) is 6. The first-order chi connectivity index (χ1) is 32.0. The SMILES string of the molecule is CCCCCCCCCCCCCCCCCCCCCCC(=O)OC(COC(=O)CCCCCCCCCCCC)COC1OC(COC2OC(CO)C(O)C(O)C2O)C(O)C(O)C1O. The van der Waals surface area contributed by atoms with E-state index in [1.54, 1.807) is 0 Å². The van der Waals surface area contributed by atoms with E-state index in [1.165, 1.54) is 141 Å². The molecule has 0 aromatic carbocycles. The molecule has 2 aliphatic rings. The second kappa shape index (κ2) is 39.2. The van der Waals surface area contributed by atoms with Gasteiger partial charge in [-0.2, -0.15) is 0 Å². The van der Waals surface area contributed by atoms with E-state index in [2.05, 4.69) is 13.8 Å². The van der Waals surface area contributed by atoms with Crippen molar-refractivity contribution in [3.8, 4) is 0 Å². The van der Waals surface area contributed by atoms with Gasteiger partial charge in [0.1, 0.15) is 55.4 Å². The minimum Gasteiger partial charge on any atom is -0.462 e. The Hall–Kier alpha value is -1.50. The van der Waals surface area contributed by atoms with Crippen LogP contribution < -0.4 is 0 Å². The van der Waals surface area contributed by atoms with E-state index >= 15 is 0 Å². The highest BCUT2D eigenvalue weighted by Gasteiger charge is 2.47. The van der Waals surface area contributed by atoms with Gasteiger partial charge in [-0.05, 0) is 12.8 Å². The Morgan fingerprint density at radius 1 is 0.424 bits per heavy atom. The summed E-state index contributed by atoms with van der Waals surface area (Å²) in [5.74, 6) is -0.911. The lowest BCUT2D eigenvalue weighted by atomic mass is 9.98. The van der Waals surface area contributed by atoms with Crippen molar-refractivity contribution in [2.24, 2.45) is 0 Å². The topological polar surface area (TPSA) is 231 Å². The normalized spacial score (nSPS) is 26.1. The summed E-state index contributed by atoms with van der Waals surface area (Å²) in [4.78, 5) is 25.7. The maximum atomic E-state index is 13.0. The average molecular weight is 949 g/mol. The fourth-order valence-electron chi connectivity index (χ4n) is 8.69. The van der Waals surface area contributed by atoms with Gasteiger partial charge < -0.3 is 64.2 Å². The summed E-state index contributed by atoms with van der Waals surface area (Å²) < 4.78 is 33.6. The second-order valence-corrected chi connectivity index (χ2v) is 19.1. The number of rotatable bonds is 42. The molecule has 0 aromatic rings. The maximum Gasteiger partial charge on any atom is 0.306 e. The van der Waals surface area contributed by atoms with E-state index in [9.17, 15) is 45.3 Å². The summed E-state index contributed by atoms with van der Waals surface area (Å²) >= 11 is 0. The van der Waals surface area contributed by atoms with Crippen LogP contribution >= 0.6 is 0 Å². The van der Waals surface area contributed by atoms with Crippen LogP contribution in [0.25, 0.3) is 0 Å². The lowest BCUT2D eigenvalue weighted by molar-refractivity contribution is -0.332. The van der Waals surface area contributed by atoms with Gasteiger partial charge in [0.25, 0.3) is 0 Å². The van der Waals surface area contributed by atoms with Crippen molar-refractivity contribution >= 4 is 11.9 Å². The number of carbonyl (C=O) groups is 2. The third kappa shape index (κ3) is 27.0. The average Bonchev–Trinajstić information content (AvgIpc) is 3.31. The van der Waals surface area contributed by atoms with Crippen molar-refractivity contribution in [1.29, 1.82) is 0 Å². The fourth-order valence-corrected chi connectivity index (χ4v) is 8.69. The molecule has 11 atom stereocenters. The first kappa shape index (κ1) is 60.6. The van der Waals surface area contributed by atoms with Crippen LogP contribution in [0.5, 0.6) is 0 Å². The van der Waals surface area contributed by atoms with Crippen molar-refractivity contribution in [3.63, 3.8) is 0 Å². The zero-order valence-corrected chi connectivity index (χ0v) is 41.2. The molecule has 66 heavy (non-hydrogen) atoms. The Morgan fingerprint density at radius 3 is 1.18 bits per heavy atom. The molecule has 0 spiro atoms. The van der Waals surface area contributed by atoms with E-state index in [-0.39, 0.29) is 26.1 Å². The molecule has 390 valence electrons. The van der Waals surface area contributed by atoms with Crippen LogP contribution in [-0.4, -0.2) is 142 Å². The minimum absolute atomic E-state index is 0.173. The van der Waals surface area contributed by atoms with Gasteiger partial charge in [-0.3, -0.25) is 9.59 Å². The Labute approximate surface area is 398 Å². The molecule has 2 aliphatic heterocycles. The molecule has 0 bridgehead atoms. The molecule has 15 nitrogen and oxygen atoms in total. The maximum absolute atomic E-state index is 13.0. The quantitative estimate of drug-likeness (QED) is 0.0231. The van der Waals surface area contributed by atoms with Gasteiger partial charge in [-0.1, -0.05) is 194 Å². The monoisotopic (exact) mass is 949 g/mol. The van der Waals surface area contributed by atoms with Crippen LogP contribution in [-0.2, 0) is 38.0 Å². The molecular weight excluding hydrogens is 853 g/mol. The fraction of sp³-hybridized carbons (Fsp3) is 0.961. The first-order valence-corrected chi connectivity index (χ1v) is 26.6. The number of aliphatic hydroxyl groups excluding tert-OH is 7. The van der Waals surface area contributed by atoms with Gasteiger partial charge >= 0.3 is 11.9 Å². The summed E-state index contributed by atoms with van der Waals surface area (Å²) in [5.41, 5.74) is 0. The van der Waals surface area contributed by atoms with Gasteiger partial charge in [-0.25, -0.2) is 0 Å². The predicted molar refractivity (Wildman–Crippen MR) is 252 cm³/mol. The molecule has 11 unspecified atom stereocenters. The predicted octanol–water partition coefficient (Wildman–Crippen LogP) is 7.61. The molecule has 0 amide bonds. The van der Waals surface area contributed by atoms with E-state index in [0.29, 0.717) is 12.8 Å². The molecule has 2 heterocycles. The molecule has 0 radical (unpaired) electrons. The van der Waals surface area contributed by atoms with Crippen LogP contribution in [0.15, 0.2) is 0 Å². The third-order valence-corrected chi connectivity index (χ3v) is 13.1. The van der Waals surface area contributed by atoms with Gasteiger partial charge in [-0.15, -0.1) is 0 Å². The molecule has 2 saturated heterocycles. The van der Waals surface area contributed by atoms with Gasteiger partial charge in [0.2, 0.25) is 0 Å². The molecule has 7 N–H and O–H groups in total. The Balaban J connectivity index is 1.75. The molecule has 15 heteroatoms. The van der Waals surface area contributed by atoms with E-state index in [1.807, 2.05) is 0 Å². The van der Waals surface area contributed by atoms with E-state index < -0.39 is 92.7 Å². The highest BCUT2D eigenvalue weighted by atomic mass is 16.7. The third-order valence-electron chi connectivity index (χ3n) is 13.1. The highest BCUT2D eigenvalue weighted by Crippen LogP contribution is 2.27. The molecule has 2 rings (SSSR count). The van der Waals surface area contributed by atoms with Crippen molar-refractivity contribution in [1.82, 2.24) is 0 Å². The summed E-state index contributed by atoms with van der Waals surface area (Å²) in [6, 6.07) is 0. The van der Waals surface area contributed by atoms with Crippen LogP contribution in [0.4, 0.5) is 0 Å².